The largest absolute Gasteiger partial charge is 0.298 e. The van der Waals surface area contributed by atoms with Gasteiger partial charge in [0.25, 0.3) is 5.91 Å². The van der Waals surface area contributed by atoms with Crippen molar-refractivity contribution in [3.63, 3.8) is 0 Å². The maximum atomic E-state index is 13.1. The van der Waals surface area contributed by atoms with Gasteiger partial charge >= 0.3 is 0 Å². The predicted molar refractivity (Wildman–Crippen MR) is 71.2 cm³/mol. The molecule has 1 N–H and O–H groups in total. The molecule has 7 heteroatoms. The van der Waals surface area contributed by atoms with Crippen molar-refractivity contribution in [2.24, 2.45) is 0 Å². The summed E-state index contributed by atoms with van der Waals surface area (Å²) in [6.45, 7) is 0. The summed E-state index contributed by atoms with van der Waals surface area (Å²) >= 11 is 7.12. The number of nitrogens with zero attached hydrogens (tertiary/aromatic N) is 2. The molecule has 1 amide bonds. The molecule has 19 heavy (non-hydrogen) atoms. The molecule has 0 saturated heterocycles. The first-order valence-corrected chi connectivity index (χ1v) is 6.97. The highest BCUT2D eigenvalue weighted by molar-refractivity contribution is 7.14. The minimum absolute atomic E-state index is 0.00448. The van der Waals surface area contributed by atoms with Crippen LogP contribution in [0, 0.1) is 5.82 Å². The van der Waals surface area contributed by atoms with Crippen LogP contribution >= 0.6 is 22.9 Å². The molecular formula is C12H9ClFN3OS. The average Bonchev–Trinajstić information content (AvgIpc) is 3.13. The van der Waals surface area contributed by atoms with Crippen molar-refractivity contribution in [1.82, 2.24) is 9.97 Å². The summed E-state index contributed by atoms with van der Waals surface area (Å²) in [6.07, 6.45) is 3.27. The van der Waals surface area contributed by atoms with Crippen molar-refractivity contribution in [2.75, 3.05) is 5.32 Å². The monoisotopic (exact) mass is 297 g/mol. The fraction of sp³-hybridized carbons (Fsp3) is 0.250. The van der Waals surface area contributed by atoms with Crippen molar-refractivity contribution >= 4 is 34.0 Å². The Hall–Kier alpha value is -1.53. The molecular weight excluding hydrogens is 289 g/mol. The Morgan fingerprint density at radius 3 is 3.05 bits per heavy atom. The number of nitrogens with one attached hydrogen (secondary N) is 1. The molecule has 1 saturated carbocycles. The van der Waals surface area contributed by atoms with Crippen molar-refractivity contribution in [2.45, 2.75) is 18.8 Å². The molecule has 0 aliphatic heterocycles. The molecule has 2 heterocycles. The molecule has 0 atom stereocenters. The number of rotatable bonds is 3. The number of halogens is 2. The number of anilines is 1. The smallest absolute Gasteiger partial charge is 0.260 e. The highest BCUT2D eigenvalue weighted by atomic mass is 35.5. The van der Waals surface area contributed by atoms with Crippen LogP contribution in [0.2, 0.25) is 5.15 Å². The van der Waals surface area contributed by atoms with Gasteiger partial charge in [-0.1, -0.05) is 11.6 Å². The molecule has 98 valence electrons. The normalized spacial score (nSPS) is 14.4. The van der Waals surface area contributed by atoms with Gasteiger partial charge < -0.3 is 0 Å². The Labute approximate surface area is 117 Å². The minimum atomic E-state index is -0.604. The summed E-state index contributed by atoms with van der Waals surface area (Å²) in [6, 6.07) is 1.06. The maximum Gasteiger partial charge on any atom is 0.260 e. The van der Waals surface area contributed by atoms with Crippen LogP contribution in [0.3, 0.4) is 0 Å². The van der Waals surface area contributed by atoms with E-state index in [1.165, 1.54) is 11.3 Å². The molecule has 4 nitrogen and oxygen atoms in total. The fourth-order valence-electron chi connectivity index (χ4n) is 1.66. The molecule has 1 aliphatic carbocycles. The molecule has 2 aromatic heterocycles. The highest BCUT2D eigenvalue weighted by Gasteiger charge is 2.26. The summed E-state index contributed by atoms with van der Waals surface area (Å²) in [7, 11) is 0. The van der Waals surface area contributed by atoms with E-state index in [9.17, 15) is 9.18 Å². The van der Waals surface area contributed by atoms with Gasteiger partial charge in [0.1, 0.15) is 11.0 Å². The SMILES string of the molecule is O=C(Nc1nc(C2CC2)cs1)c1cc(F)cnc1Cl. The van der Waals surface area contributed by atoms with E-state index in [1.54, 1.807) is 0 Å². The lowest BCUT2D eigenvalue weighted by atomic mass is 10.2. The first-order chi connectivity index (χ1) is 9.13. The van der Waals surface area contributed by atoms with Gasteiger partial charge in [-0.2, -0.15) is 0 Å². The zero-order chi connectivity index (χ0) is 13.4. The van der Waals surface area contributed by atoms with Crippen molar-refractivity contribution < 1.29 is 9.18 Å². The van der Waals surface area contributed by atoms with Crippen molar-refractivity contribution in [1.29, 1.82) is 0 Å². The Balaban J connectivity index is 1.77. The minimum Gasteiger partial charge on any atom is -0.298 e. The van der Waals surface area contributed by atoms with Crippen molar-refractivity contribution in [3.05, 3.63) is 39.9 Å². The molecule has 1 aliphatic rings. The lowest BCUT2D eigenvalue weighted by Gasteiger charge is -2.03. The van der Waals surface area contributed by atoms with Crippen LogP contribution in [0.1, 0.15) is 34.8 Å². The zero-order valence-corrected chi connectivity index (χ0v) is 11.3. The third-order valence-electron chi connectivity index (χ3n) is 2.79. The third kappa shape index (κ3) is 2.74. The van der Waals surface area contributed by atoms with Gasteiger partial charge in [-0.3, -0.25) is 10.1 Å². The van der Waals surface area contributed by atoms with E-state index < -0.39 is 11.7 Å². The van der Waals surface area contributed by atoms with Crippen LogP contribution in [0.5, 0.6) is 0 Å². The lowest BCUT2D eigenvalue weighted by molar-refractivity contribution is 0.102. The zero-order valence-electron chi connectivity index (χ0n) is 9.69. The van der Waals surface area contributed by atoms with Crippen molar-refractivity contribution in [3.8, 4) is 0 Å². The van der Waals surface area contributed by atoms with Gasteiger partial charge in [-0.25, -0.2) is 14.4 Å². The van der Waals surface area contributed by atoms with Crippen LogP contribution in [0.15, 0.2) is 17.6 Å². The van der Waals surface area contributed by atoms with Gasteiger partial charge in [0.05, 0.1) is 17.5 Å². The van der Waals surface area contributed by atoms with Gasteiger partial charge in [0.2, 0.25) is 0 Å². The van der Waals surface area contributed by atoms with Gasteiger partial charge in [-0.15, -0.1) is 11.3 Å². The average molecular weight is 298 g/mol. The topological polar surface area (TPSA) is 54.9 Å². The molecule has 0 unspecified atom stereocenters. The van der Waals surface area contributed by atoms with E-state index >= 15 is 0 Å². The number of hydrogen-bond donors (Lipinski definition) is 1. The standard InChI is InChI=1S/C12H9ClFN3OS/c13-10-8(3-7(14)4-15-10)11(18)17-12-16-9(5-19-12)6-1-2-6/h3-6H,1-2H2,(H,16,17,18). The van der Waals surface area contributed by atoms with E-state index in [0.29, 0.717) is 11.0 Å². The predicted octanol–water partition coefficient (Wildman–Crippen LogP) is 3.46. The number of amides is 1. The number of aromatic nitrogens is 2. The second kappa shape index (κ2) is 4.86. The first kappa shape index (κ1) is 12.5. The third-order valence-corrected chi connectivity index (χ3v) is 3.87. The summed E-state index contributed by atoms with van der Waals surface area (Å²) < 4.78 is 13.1. The summed E-state index contributed by atoms with van der Waals surface area (Å²) in [5.41, 5.74) is 1.01. The van der Waals surface area contributed by atoms with E-state index in [4.69, 9.17) is 11.6 Å². The molecule has 0 bridgehead atoms. The highest BCUT2D eigenvalue weighted by Crippen LogP contribution is 2.40. The molecule has 2 aromatic rings. The van der Waals surface area contributed by atoms with E-state index in [0.717, 1.165) is 30.8 Å². The summed E-state index contributed by atoms with van der Waals surface area (Å²) in [4.78, 5) is 19.9. The first-order valence-electron chi connectivity index (χ1n) is 5.71. The number of hydrogen-bond acceptors (Lipinski definition) is 4. The Morgan fingerprint density at radius 1 is 1.53 bits per heavy atom. The van der Waals surface area contributed by atoms with Gasteiger partial charge in [-0.05, 0) is 18.9 Å². The van der Waals surface area contributed by atoms with Crippen LogP contribution in [0.25, 0.3) is 0 Å². The number of thiazole rings is 1. The van der Waals surface area contributed by atoms with Gasteiger partial charge in [0.15, 0.2) is 5.13 Å². The second-order valence-electron chi connectivity index (χ2n) is 4.30. The Kier molecular flexibility index (Phi) is 3.20. The van der Waals surface area contributed by atoms with Crippen LogP contribution < -0.4 is 5.32 Å². The molecule has 1 fully saturated rings. The molecule has 0 spiro atoms. The summed E-state index contributed by atoms with van der Waals surface area (Å²) in [5, 5.41) is 5.00. The lowest BCUT2D eigenvalue weighted by Crippen LogP contribution is -2.13. The molecule has 3 rings (SSSR count). The number of carbonyl (C=O) groups is 1. The van der Waals surface area contributed by atoms with E-state index in [2.05, 4.69) is 15.3 Å². The van der Waals surface area contributed by atoms with Crippen LogP contribution in [-0.4, -0.2) is 15.9 Å². The number of carbonyl (C=O) groups excluding carboxylic acids is 1. The van der Waals surface area contributed by atoms with E-state index in [1.807, 2.05) is 5.38 Å². The van der Waals surface area contributed by atoms with Gasteiger partial charge in [0, 0.05) is 11.3 Å². The summed E-state index contributed by atoms with van der Waals surface area (Å²) in [5.74, 6) is -0.581. The van der Waals surface area contributed by atoms with Crippen LogP contribution in [-0.2, 0) is 0 Å². The Bertz CT molecular complexity index is 642. The fourth-order valence-corrected chi connectivity index (χ4v) is 2.63. The van der Waals surface area contributed by atoms with E-state index in [-0.39, 0.29) is 10.7 Å². The molecule has 0 radical (unpaired) electrons. The Morgan fingerprint density at radius 2 is 2.32 bits per heavy atom. The maximum absolute atomic E-state index is 13.1. The number of pyridine rings is 1. The quantitative estimate of drug-likeness (QED) is 0.883. The molecule has 0 aromatic carbocycles. The van der Waals surface area contributed by atoms with Crippen LogP contribution in [0.4, 0.5) is 9.52 Å². The second-order valence-corrected chi connectivity index (χ2v) is 5.51.